The van der Waals surface area contributed by atoms with Crippen LogP contribution in [0.1, 0.15) is 26.2 Å². The third-order valence-corrected chi connectivity index (χ3v) is 3.51. The van der Waals surface area contributed by atoms with Crippen LogP contribution in [0.25, 0.3) is 10.4 Å². The number of ether oxygens (including phenoxy) is 3. The molecule has 2 atom stereocenters. The Bertz CT molecular complexity index is 461. The average molecular weight is 315 g/mol. The first-order chi connectivity index (χ1) is 10.4. The Hall–Kier alpha value is -2.12. The van der Waals surface area contributed by atoms with Crippen molar-refractivity contribution in [2.75, 3.05) is 27.9 Å². The zero-order valence-electron chi connectivity index (χ0n) is 13.2. The molecule has 0 radical (unpaired) electrons. The smallest absolute Gasteiger partial charge is 0.306 e. The predicted octanol–water partition coefficient (Wildman–Crippen LogP) is 1.40. The highest BCUT2D eigenvalue weighted by atomic mass is 16.5. The summed E-state index contributed by atoms with van der Waals surface area (Å²) >= 11 is 0. The van der Waals surface area contributed by atoms with E-state index >= 15 is 0 Å². The molecule has 0 N–H and O–H groups in total. The van der Waals surface area contributed by atoms with Gasteiger partial charge in [-0.05, 0) is 18.9 Å². The number of Topliss-reactive ketones (excluding diaryl/α,β-unsaturated/α-hetero) is 1. The zero-order chi connectivity index (χ0) is 17.2. The summed E-state index contributed by atoms with van der Waals surface area (Å²) in [6.07, 6.45) is -0.214. The van der Waals surface area contributed by atoms with Crippen molar-refractivity contribution in [1.82, 2.24) is 0 Å². The van der Waals surface area contributed by atoms with Crippen LogP contribution in [0.3, 0.4) is 0 Å². The van der Waals surface area contributed by atoms with Crippen molar-refractivity contribution >= 4 is 17.7 Å². The Morgan fingerprint density at radius 2 is 1.77 bits per heavy atom. The molecule has 0 spiro atoms. The number of azide groups is 1. The number of esters is 2. The lowest BCUT2D eigenvalue weighted by atomic mass is 9.78. The number of nitrogens with zero attached hydrogens (tertiary/aromatic N) is 3. The maximum absolute atomic E-state index is 11.9. The number of hydrogen-bond acceptors (Lipinski definition) is 7. The van der Waals surface area contributed by atoms with E-state index < -0.39 is 23.5 Å². The second-order valence-corrected chi connectivity index (χ2v) is 4.68. The molecule has 0 saturated heterocycles. The first-order valence-electron chi connectivity index (χ1n) is 6.57. The number of ketones is 1. The summed E-state index contributed by atoms with van der Waals surface area (Å²) in [6.45, 7) is 1.11. The Morgan fingerprint density at radius 3 is 2.18 bits per heavy atom. The third kappa shape index (κ3) is 5.71. The molecular weight excluding hydrogens is 294 g/mol. The van der Waals surface area contributed by atoms with Gasteiger partial charge < -0.3 is 14.2 Å². The molecular formula is C13H21N3O6. The van der Waals surface area contributed by atoms with Gasteiger partial charge in [0.2, 0.25) is 0 Å². The van der Waals surface area contributed by atoms with E-state index in [2.05, 4.69) is 19.5 Å². The largest absolute Gasteiger partial charge is 0.469 e. The van der Waals surface area contributed by atoms with Crippen LogP contribution in [0.15, 0.2) is 5.11 Å². The molecule has 0 rings (SSSR count). The minimum absolute atomic E-state index is 0.0454. The van der Waals surface area contributed by atoms with Gasteiger partial charge in [-0.15, -0.1) is 0 Å². The molecule has 0 amide bonds. The fourth-order valence-electron chi connectivity index (χ4n) is 2.19. The lowest BCUT2D eigenvalue weighted by Gasteiger charge is -2.37. The molecule has 9 heteroatoms. The van der Waals surface area contributed by atoms with Gasteiger partial charge in [-0.25, -0.2) is 0 Å². The standard InChI is InChI=1S/C13H21N3O6/c1-9(17)10(7-12(19)21-3)13(22-4,8-15-16-14)6-5-11(18)20-2/h10H,5-8H2,1-4H3/t10?,13-/m1/s1. The summed E-state index contributed by atoms with van der Waals surface area (Å²) in [5, 5.41) is 3.45. The number of carbonyl (C=O) groups excluding carboxylic acids is 3. The van der Waals surface area contributed by atoms with Crippen molar-refractivity contribution in [2.24, 2.45) is 11.0 Å². The van der Waals surface area contributed by atoms with Crippen molar-refractivity contribution in [3.05, 3.63) is 10.4 Å². The summed E-state index contributed by atoms with van der Waals surface area (Å²) in [5.41, 5.74) is 7.25. The quantitative estimate of drug-likeness (QED) is 0.259. The van der Waals surface area contributed by atoms with Gasteiger partial charge in [0.05, 0.1) is 38.7 Å². The lowest BCUT2D eigenvalue weighted by molar-refractivity contribution is -0.153. The first kappa shape index (κ1) is 19.9. The average Bonchev–Trinajstić information content (AvgIpc) is 2.52. The van der Waals surface area contributed by atoms with Gasteiger partial charge in [-0.3, -0.25) is 14.4 Å². The molecule has 0 aromatic rings. The number of carbonyl (C=O) groups is 3. The van der Waals surface area contributed by atoms with Gasteiger partial charge in [-0.2, -0.15) is 0 Å². The summed E-state index contributed by atoms with van der Waals surface area (Å²) in [4.78, 5) is 37.5. The third-order valence-electron chi connectivity index (χ3n) is 3.51. The molecule has 0 aromatic carbocycles. The first-order valence-corrected chi connectivity index (χ1v) is 6.57. The van der Waals surface area contributed by atoms with Crippen molar-refractivity contribution in [3.63, 3.8) is 0 Å². The van der Waals surface area contributed by atoms with Crippen molar-refractivity contribution in [1.29, 1.82) is 0 Å². The molecule has 0 aliphatic carbocycles. The normalized spacial score (nSPS) is 14.2. The molecule has 0 bridgehead atoms. The van der Waals surface area contributed by atoms with E-state index in [4.69, 9.17) is 10.3 Å². The number of rotatable bonds is 10. The maximum Gasteiger partial charge on any atom is 0.306 e. The topological polar surface area (TPSA) is 128 Å². The van der Waals surface area contributed by atoms with E-state index in [1.165, 1.54) is 28.3 Å². The highest BCUT2D eigenvalue weighted by molar-refractivity contribution is 5.84. The Morgan fingerprint density at radius 1 is 1.18 bits per heavy atom. The van der Waals surface area contributed by atoms with Crippen LogP contribution >= 0.6 is 0 Å². The predicted molar refractivity (Wildman–Crippen MR) is 75.8 cm³/mol. The Balaban J connectivity index is 5.52. The fourth-order valence-corrected chi connectivity index (χ4v) is 2.19. The van der Waals surface area contributed by atoms with Gasteiger partial charge in [0.15, 0.2) is 0 Å². The van der Waals surface area contributed by atoms with Crippen molar-refractivity contribution in [3.8, 4) is 0 Å². The Kier molecular flexibility index (Phi) is 8.81. The van der Waals surface area contributed by atoms with Gasteiger partial charge in [0, 0.05) is 18.4 Å². The van der Waals surface area contributed by atoms with E-state index in [0.29, 0.717) is 0 Å². The molecule has 0 heterocycles. The summed E-state index contributed by atoms with van der Waals surface area (Å²) in [6, 6.07) is 0. The Labute approximate surface area is 128 Å². The molecule has 22 heavy (non-hydrogen) atoms. The lowest BCUT2D eigenvalue weighted by Crippen LogP contribution is -2.47. The molecule has 0 saturated carbocycles. The molecule has 124 valence electrons. The monoisotopic (exact) mass is 315 g/mol. The van der Waals surface area contributed by atoms with Crippen LogP contribution < -0.4 is 0 Å². The molecule has 0 aliphatic rings. The van der Waals surface area contributed by atoms with Gasteiger partial charge >= 0.3 is 11.9 Å². The van der Waals surface area contributed by atoms with Crippen LogP contribution in [0.2, 0.25) is 0 Å². The SMILES string of the molecule is COC(=O)CC[C@](CN=[N+]=[N-])(OC)C(CC(=O)OC)C(C)=O. The van der Waals surface area contributed by atoms with Gasteiger partial charge in [0.25, 0.3) is 0 Å². The summed E-state index contributed by atoms with van der Waals surface area (Å²) < 4.78 is 14.5. The molecule has 1 unspecified atom stereocenters. The minimum Gasteiger partial charge on any atom is -0.469 e. The summed E-state index contributed by atoms with van der Waals surface area (Å²) in [7, 11) is 3.77. The van der Waals surface area contributed by atoms with Gasteiger partial charge in [0.1, 0.15) is 5.78 Å². The van der Waals surface area contributed by atoms with E-state index in [-0.39, 0.29) is 31.6 Å². The molecule has 9 nitrogen and oxygen atoms in total. The van der Waals surface area contributed by atoms with E-state index in [9.17, 15) is 14.4 Å². The van der Waals surface area contributed by atoms with E-state index in [1.54, 1.807) is 0 Å². The van der Waals surface area contributed by atoms with E-state index in [0.717, 1.165) is 0 Å². The number of hydrogen-bond donors (Lipinski definition) is 0. The number of methoxy groups -OCH3 is 3. The van der Waals surface area contributed by atoms with Crippen LogP contribution in [0, 0.1) is 5.92 Å². The molecule has 0 aliphatic heterocycles. The van der Waals surface area contributed by atoms with E-state index in [1.807, 2.05) is 0 Å². The maximum atomic E-state index is 11.9. The highest BCUT2D eigenvalue weighted by Crippen LogP contribution is 2.32. The van der Waals surface area contributed by atoms with Crippen LogP contribution in [-0.2, 0) is 28.6 Å². The summed E-state index contributed by atoms with van der Waals surface area (Å²) in [5.74, 6) is -2.33. The zero-order valence-corrected chi connectivity index (χ0v) is 13.2. The van der Waals surface area contributed by atoms with Crippen LogP contribution in [0.5, 0.6) is 0 Å². The fraction of sp³-hybridized carbons (Fsp3) is 0.769. The highest BCUT2D eigenvalue weighted by Gasteiger charge is 2.43. The second kappa shape index (κ2) is 9.75. The van der Waals surface area contributed by atoms with Crippen LogP contribution in [-0.4, -0.2) is 51.2 Å². The van der Waals surface area contributed by atoms with Gasteiger partial charge in [-0.1, -0.05) is 5.11 Å². The van der Waals surface area contributed by atoms with Crippen LogP contribution in [0.4, 0.5) is 0 Å². The van der Waals surface area contributed by atoms with Crippen molar-refractivity contribution in [2.45, 2.75) is 31.8 Å². The minimum atomic E-state index is -1.28. The van der Waals surface area contributed by atoms with Crippen molar-refractivity contribution < 1.29 is 28.6 Å². The molecule has 0 fully saturated rings. The molecule has 0 aromatic heterocycles. The second-order valence-electron chi connectivity index (χ2n) is 4.68.